The maximum absolute atomic E-state index is 12.4. The predicted octanol–water partition coefficient (Wildman–Crippen LogP) is 2.07. The van der Waals surface area contributed by atoms with Crippen LogP contribution >= 0.6 is 0 Å². The van der Waals surface area contributed by atoms with Gasteiger partial charge >= 0.3 is 5.76 Å². The number of carbonyl (C=O) groups excluding carboxylic acids is 1. The first-order chi connectivity index (χ1) is 10.6. The zero-order chi connectivity index (χ0) is 15.7. The zero-order valence-corrected chi connectivity index (χ0v) is 11.9. The van der Waals surface area contributed by atoms with Gasteiger partial charge in [-0.05, 0) is 29.8 Å². The number of hydrogen-bond acceptors (Lipinski definition) is 5. The first-order valence-corrected chi connectivity index (χ1v) is 6.65. The molecular weight excluding hydrogens is 284 g/mol. The van der Waals surface area contributed by atoms with Gasteiger partial charge in [-0.3, -0.25) is 4.79 Å². The van der Waals surface area contributed by atoms with Crippen molar-refractivity contribution in [2.24, 2.45) is 0 Å². The van der Waals surface area contributed by atoms with Crippen LogP contribution in [0.4, 0.5) is 5.69 Å². The van der Waals surface area contributed by atoms with Gasteiger partial charge < -0.3 is 14.9 Å². The lowest BCUT2D eigenvalue weighted by Gasteiger charge is -2.04. The standard InChI is InChI=1S/C16H14N2O4/c1-21-12-4-2-3-10(7-12)8-15(19)18-13-6-5-11(17)9-14(13)22-16(18)20/h2-7,9H,8,17H2,1H3. The van der Waals surface area contributed by atoms with Crippen LogP contribution in [-0.4, -0.2) is 17.6 Å². The smallest absolute Gasteiger partial charge is 0.426 e. The molecule has 2 N–H and O–H groups in total. The van der Waals surface area contributed by atoms with Gasteiger partial charge in [-0.25, -0.2) is 9.36 Å². The van der Waals surface area contributed by atoms with E-state index in [2.05, 4.69) is 0 Å². The van der Waals surface area contributed by atoms with Gasteiger partial charge in [-0.1, -0.05) is 12.1 Å². The maximum Gasteiger partial charge on any atom is 0.426 e. The van der Waals surface area contributed by atoms with E-state index in [0.29, 0.717) is 22.5 Å². The summed E-state index contributed by atoms with van der Waals surface area (Å²) in [4.78, 5) is 24.3. The topological polar surface area (TPSA) is 87.5 Å². The number of aromatic nitrogens is 1. The summed E-state index contributed by atoms with van der Waals surface area (Å²) < 4.78 is 11.2. The number of nitrogens with two attached hydrogens (primary N) is 1. The van der Waals surface area contributed by atoms with E-state index in [1.54, 1.807) is 43.5 Å². The molecule has 1 aromatic heterocycles. The molecule has 0 unspecified atom stereocenters. The summed E-state index contributed by atoms with van der Waals surface area (Å²) in [5.41, 5.74) is 7.57. The third-order valence-electron chi connectivity index (χ3n) is 3.34. The number of anilines is 1. The van der Waals surface area contributed by atoms with Gasteiger partial charge in [-0.15, -0.1) is 0 Å². The second kappa shape index (κ2) is 5.40. The van der Waals surface area contributed by atoms with Crippen LogP contribution in [-0.2, 0) is 6.42 Å². The number of ether oxygens (including phenoxy) is 1. The van der Waals surface area contributed by atoms with E-state index >= 15 is 0 Å². The van der Waals surface area contributed by atoms with Gasteiger partial charge in [0.2, 0.25) is 5.91 Å². The van der Waals surface area contributed by atoms with Gasteiger partial charge in [0.1, 0.15) is 5.75 Å². The quantitative estimate of drug-likeness (QED) is 0.748. The number of methoxy groups -OCH3 is 1. The van der Waals surface area contributed by atoms with Crippen LogP contribution < -0.4 is 16.2 Å². The van der Waals surface area contributed by atoms with E-state index in [1.807, 2.05) is 0 Å². The number of benzene rings is 2. The Morgan fingerprint density at radius 3 is 2.86 bits per heavy atom. The highest BCUT2D eigenvalue weighted by Crippen LogP contribution is 2.18. The predicted molar refractivity (Wildman–Crippen MR) is 82.2 cm³/mol. The largest absolute Gasteiger partial charge is 0.497 e. The molecule has 0 bridgehead atoms. The molecule has 6 nitrogen and oxygen atoms in total. The Morgan fingerprint density at radius 1 is 1.27 bits per heavy atom. The molecule has 0 aliphatic heterocycles. The number of fused-ring (bicyclic) bond motifs is 1. The van der Waals surface area contributed by atoms with E-state index in [9.17, 15) is 9.59 Å². The molecule has 0 radical (unpaired) electrons. The molecule has 2 aromatic carbocycles. The molecule has 0 spiro atoms. The number of nitrogen functional groups attached to an aromatic ring is 1. The number of rotatable bonds is 3. The SMILES string of the molecule is COc1cccc(CC(=O)n2c(=O)oc3cc(N)ccc32)c1. The van der Waals surface area contributed by atoms with Crippen LogP contribution in [0, 0.1) is 0 Å². The highest BCUT2D eigenvalue weighted by molar-refractivity contribution is 5.91. The third kappa shape index (κ3) is 2.46. The molecule has 0 aliphatic carbocycles. The summed E-state index contributed by atoms with van der Waals surface area (Å²) in [5.74, 6) is -0.433. The first-order valence-electron chi connectivity index (χ1n) is 6.65. The summed E-state index contributed by atoms with van der Waals surface area (Å²) in [7, 11) is 1.55. The lowest BCUT2D eigenvalue weighted by molar-refractivity contribution is 0.0910. The Balaban J connectivity index is 1.98. The van der Waals surface area contributed by atoms with Crippen LogP contribution in [0.5, 0.6) is 5.75 Å². The summed E-state index contributed by atoms with van der Waals surface area (Å²) >= 11 is 0. The van der Waals surface area contributed by atoms with Crippen LogP contribution in [0.2, 0.25) is 0 Å². The number of carbonyl (C=O) groups is 1. The zero-order valence-electron chi connectivity index (χ0n) is 11.9. The minimum atomic E-state index is -0.714. The van der Waals surface area contributed by atoms with E-state index in [4.69, 9.17) is 14.9 Å². The van der Waals surface area contributed by atoms with Gasteiger partial charge in [0.05, 0.1) is 19.0 Å². The molecule has 0 saturated carbocycles. The monoisotopic (exact) mass is 298 g/mol. The van der Waals surface area contributed by atoms with Crippen molar-refractivity contribution in [1.82, 2.24) is 4.57 Å². The summed E-state index contributed by atoms with van der Waals surface area (Å²) in [6, 6.07) is 11.9. The van der Waals surface area contributed by atoms with Crippen molar-refractivity contribution in [1.29, 1.82) is 0 Å². The van der Waals surface area contributed by atoms with Crippen molar-refractivity contribution < 1.29 is 13.9 Å². The second-order valence-corrected chi connectivity index (χ2v) is 4.85. The van der Waals surface area contributed by atoms with Crippen LogP contribution in [0.3, 0.4) is 0 Å². The van der Waals surface area contributed by atoms with Gasteiger partial charge in [0.25, 0.3) is 0 Å². The summed E-state index contributed by atoms with van der Waals surface area (Å²) in [5, 5.41) is 0. The Hall–Kier alpha value is -3.02. The van der Waals surface area contributed by atoms with Gasteiger partial charge in [0, 0.05) is 11.8 Å². The van der Waals surface area contributed by atoms with Gasteiger partial charge in [0.15, 0.2) is 5.58 Å². The van der Waals surface area contributed by atoms with E-state index in [1.165, 1.54) is 6.07 Å². The van der Waals surface area contributed by atoms with Crippen LogP contribution in [0.1, 0.15) is 10.4 Å². The Kier molecular flexibility index (Phi) is 3.42. The molecule has 6 heteroatoms. The van der Waals surface area contributed by atoms with Crippen molar-refractivity contribution in [2.45, 2.75) is 6.42 Å². The molecule has 1 heterocycles. The highest BCUT2D eigenvalue weighted by atomic mass is 16.5. The molecule has 0 atom stereocenters. The Bertz CT molecular complexity index is 908. The van der Waals surface area contributed by atoms with Crippen molar-refractivity contribution in [3.8, 4) is 5.75 Å². The molecule has 112 valence electrons. The first kappa shape index (κ1) is 13.9. The molecule has 3 rings (SSSR count). The third-order valence-corrected chi connectivity index (χ3v) is 3.34. The number of nitrogens with zero attached hydrogens (tertiary/aromatic N) is 1. The van der Waals surface area contributed by atoms with Crippen molar-refractivity contribution in [3.63, 3.8) is 0 Å². The fraction of sp³-hybridized carbons (Fsp3) is 0.125. The Labute approximate surface area is 125 Å². The normalized spacial score (nSPS) is 10.8. The molecule has 0 aliphatic rings. The molecular formula is C16H14N2O4. The average Bonchev–Trinajstić information content (AvgIpc) is 2.82. The lowest BCUT2D eigenvalue weighted by atomic mass is 10.1. The summed E-state index contributed by atoms with van der Waals surface area (Å²) in [6.45, 7) is 0. The molecule has 0 saturated heterocycles. The molecule has 22 heavy (non-hydrogen) atoms. The van der Waals surface area contributed by atoms with Crippen molar-refractivity contribution in [2.75, 3.05) is 12.8 Å². The lowest BCUT2D eigenvalue weighted by Crippen LogP contribution is -2.24. The van der Waals surface area contributed by atoms with E-state index in [0.717, 1.165) is 10.1 Å². The summed E-state index contributed by atoms with van der Waals surface area (Å²) in [6.07, 6.45) is 0.0656. The van der Waals surface area contributed by atoms with Gasteiger partial charge in [-0.2, -0.15) is 0 Å². The molecule has 0 fully saturated rings. The maximum atomic E-state index is 12.4. The minimum Gasteiger partial charge on any atom is -0.497 e. The fourth-order valence-corrected chi connectivity index (χ4v) is 2.31. The highest BCUT2D eigenvalue weighted by Gasteiger charge is 2.16. The van der Waals surface area contributed by atoms with Crippen molar-refractivity contribution in [3.05, 3.63) is 58.6 Å². The number of oxazole rings is 1. The minimum absolute atomic E-state index is 0.0656. The Morgan fingerprint density at radius 2 is 2.09 bits per heavy atom. The molecule has 0 amide bonds. The average molecular weight is 298 g/mol. The van der Waals surface area contributed by atoms with E-state index < -0.39 is 5.76 Å². The fourth-order valence-electron chi connectivity index (χ4n) is 2.31. The van der Waals surface area contributed by atoms with Crippen LogP contribution in [0.25, 0.3) is 11.1 Å². The second-order valence-electron chi connectivity index (χ2n) is 4.85. The number of hydrogen-bond donors (Lipinski definition) is 1. The van der Waals surface area contributed by atoms with E-state index in [-0.39, 0.29) is 12.3 Å². The molecule has 3 aromatic rings. The van der Waals surface area contributed by atoms with Crippen molar-refractivity contribution >= 4 is 22.7 Å². The van der Waals surface area contributed by atoms with Crippen LogP contribution in [0.15, 0.2) is 51.7 Å².